The quantitative estimate of drug-likeness (QED) is 0.350. The number of hydrogen-bond acceptors (Lipinski definition) is 8. The number of carbonyl (C=O) groups is 2. The molecule has 10 nitrogen and oxygen atoms in total. The average Bonchev–Trinajstić information content (AvgIpc) is 2.55. The molecule has 0 spiro atoms. The monoisotopic (exact) mass is 362 g/mol. The second-order valence-electron chi connectivity index (χ2n) is 4.69. The van der Waals surface area contributed by atoms with Gasteiger partial charge in [-0.25, -0.2) is 0 Å². The summed E-state index contributed by atoms with van der Waals surface area (Å²) in [6.07, 6.45) is 0. The Morgan fingerprint density at radius 3 is 1.15 bits per heavy atom. The number of nitrogens with zero attached hydrogens (tertiary/aromatic N) is 2. The van der Waals surface area contributed by atoms with E-state index in [9.17, 15) is 29.8 Å². The molecule has 0 atom stereocenters. The highest BCUT2D eigenvalue weighted by atomic mass is 16.6. The van der Waals surface area contributed by atoms with Gasteiger partial charge in [0.25, 0.3) is 11.4 Å². The van der Waals surface area contributed by atoms with Gasteiger partial charge in [-0.15, -0.1) is 0 Å². The lowest BCUT2D eigenvalue weighted by molar-refractivity contribution is -0.385. The van der Waals surface area contributed by atoms with Crippen LogP contribution in [0.3, 0.4) is 0 Å². The van der Waals surface area contributed by atoms with Crippen LogP contribution in [0.25, 0.3) is 0 Å². The van der Waals surface area contributed by atoms with Crippen molar-refractivity contribution in [2.75, 3.05) is 0 Å². The van der Waals surface area contributed by atoms with Crippen molar-refractivity contribution in [1.82, 2.24) is 0 Å². The van der Waals surface area contributed by atoms with E-state index < -0.39 is 21.8 Å². The van der Waals surface area contributed by atoms with Gasteiger partial charge in [-0.3, -0.25) is 29.8 Å². The first-order chi connectivity index (χ1) is 12.2. The molecule has 26 heavy (non-hydrogen) atoms. The fourth-order valence-electron chi connectivity index (χ4n) is 1.60. The number of non-ortho nitro benzene ring substituents is 2. The Morgan fingerprint density at radius 2 is 0.962 bits per heavy atom. The first-order valence-corrected chi connectivity index (χ1v) is 7.04. The second kappa shape index (κ2) is 9.47. The molecule has 0 aliphatic rings. The summed E-state index contributed by atoms with van der Waals surface area (Å²) in [4.78, 5) is 40.4. The number of benzene rings is 2. The van der Waals surface area contributed by atoms with Crippen molar-refractivity contribution in [3.8, 4) is 11.5 Å². The van der Waals surface area contributed by atoms with Crippen LogP contribution < -0.4 is 9.47 Å². The van der Waals surface area contributed by atoms with E-state index in [1.807, 2.05) is 0 Å². The van der Waals surface area contributed by atoms with Gasteiger partial charge in [-0.1, -0.05) is 0 Å². The predicted molar refractivity (Wildman–Crippen MR) is 88.8 cm³/mol. The highest BCUT2D eigenvalue weighted by molar-refractivity contribution is 5.69. The van der Waals surface area contributed by atoms with Gasteiger partial charge in [0, 0.05) is 38.1 Å². The van der Waals surface area contributed by atoms with Crippen LogP contribution >= 0.6 is 0 Å². The average molecular weight is 362 g/mol. The molecule has 10 heteroatoms. The Labute approximate surface area is 147 Å². The molecule has 0 amide bonds. The molecule has 2 aromatic carbocycles. The number of nitro groups is 2. The Morgan fingerprint density at radius 1 is 0.692 bits per heavy atom. The lowest BCUT2D eigenvalue weighted by Gasteiger charge is -1.98. The molecule has 136 valence electrons. The number of carbonyl (C=O) groups excluding carboxylic acids is 2. The maximum absolute atomic E-state index is 10.5. The van der Waals surface area contributed by atoms with Gasteiger partial charge in [0.15, 0.2) is 0 Å². The van der Waals surface area contributed by atoms with Crippen molar-refractivity contribution in [2.24, 2.45) is 0 Å². The van der Waals surface area contributed by atoms with E-state index in [0.29, 0.717) is 11.5 Å². The van der Waals surface area contributed by atoms with E-state index in [-0.39, 0.29) is 11.4 Å². The van der Waals surface area contributed by atoms with Crippen LogP contribution in [-0.4, -0.2) is 21.8 Å². The molecule has 0 aromatic heterocycles. The van der Waals surface area contributed by atoms with E-state index in [1.165, 1.54) is 62.4 Å². The number of esters is 2. The van der Waals surface area contributed by atoms with Gasteiger partial charge in [-0.05, 0) is 24.3 Å². The summed E-state index contributed by atoms with van der Waals surface area (Å²) in [6.45, 7) is 2.53. The van der Waals surface area contributed by atoms with Crippen molar-refractivity contribution >= 4 is 23.3 Å². The van der Waals surface area contributed by atoms with Crippen LogP contribution in [0.5, 0.6) is 11.5 Å². The SMILES string of the molecule is CC(=O)Oc1ccc([N+](=O)[O-])cc1.CC(=O)Oc1ccc([N+](=O)[O-])cc1. The van der Waals surface area contributed by atoms with Crippen molar-refractivity contribution in [3.63, 3.8) is 0 Å². The molecule has 0 saturated carbocycles. The Hall–Kier alpha value is -3.82. The highest BCUT2D eigenvalue weighted by Crippen LogP contribution is 2.18. The summed E-state index contributed by atoms with van der Waals surface area (Å²) < 4.78 is 9.37. The lowest BCUT2D eigenvalue weighted by Crippen LogP contribution is -2.01. The summed E-state index contributed by atoms with van der Waals surface area (Å²) in [7, 11) is 0. The van der Waals surface area contributed by atoms with Crippen molar-refractivity contribution in [3.05, 3.63) is 68.8 Å². The predicted octanol–water partition coefficient (Wildman–Crippen LogP) is 3.04. The van der Waals surface area contributed by atoms with Crippen molar-refractivity contribution in [1.29, 1.82) is 0 Å². The third kappa shape index (κ3) is 7.17. The molecule has 2 rings (SSSR count). The lowest BCUT2D eigenvalue weighted by atomic mass is 10.3. The zero-order chi connectivity index (χ0) is 19.7. The minimum Gasteiger partial charge on any atom is -0.427 e. The maximum atomic E-state index is 10.5. The minimum atomic E-state index is -0.516. The fourth-order valence-corrected chi connectivity index (χ4v) is 1.60. The van der Waals surface area contributed by atoms with E-state index in [4.69, 9.17) is 0 Å². The molecule has 0 fully saturated rings. The van der Waals surface area contributed by atoms with E-state index in [2.05, 4.69) is 9.47 Å². The molecule has 0 heterocycles. The molecule has 0 unspecified atom stereocenters. The third-order valence-corrected chi connectivity index (χ3v) is 2.62. The van der Waals surface area contributed by atoms with Crippen LogP contribution in [0.1, 0.15) is 13.8 Å². The number of hydrogen-bond donors (Lipinski definition) is 0. The number of ether oxygens (including phenoxy) is 2. The third-order valence-electron chi connectivity index (χ3n) is 2.62. The van der Waals surface area contributed by atoms with Crippen LogP contribution in [0.4, 0.5) is 11.4 Å². The van der Waals surface area contributed by atoms with Gasteiger partial charge >= 0.3 is 11.9 Å². The van der Waals surface area contributed by atoms with Crippen LogP contribution in [0.2, 0.25) is 0 Å². The summed E-state index contributed by atoms with van der Waals surface area (Å²) >= 11 is 0. The Balaban J connectivity index is 0.000000260. The zero-order valence-corrected chi connectivity index (χ0v) is 13.8. The molecule has 0 aliphatic heterocycles. The van der Waals surface area contributed by atoms with Gasteiger partial charge in [-0.2, -0.15) is 0 Å². The molecular weight excluding hydrogens is 348 g/mol. The number of nitro benzene ring substituents is 2. The summed E-state index contributed by atoms with van der Waals surface area (Å²) in [5.74, 6) is -0.293. The maximum Gasteiger partial charge on any atom is 0.308 e. The van der Waals surface area contributed by atoms with Crippen LogP contribution in [0, 0.1) is 20.2 Å². The number of rotatable bonds is 4. The van der Waals surface area contributed by atoms with Gasteiger partial charge < -0.3 is 9.47 Å². The summed E-state index contributed by atoms with van der Waals surface area (Å²) in [6, 6.07) is 10.6. The van der Waals surface area contributed by atoms with E-state index in [0.717, 1.165) is 0 Å². The molecule has 0 N–H and O–H groups in total. The first-order valence-electron chi connectivity index (χ1n) is 7.04. The van der Waals surface area contributed by atoms with Gasteiger partial charge in [0.1, 0.15) is 11.5 Å². The smallest absolute Gasteiger partial charge is 0.308 e. The zero-order valence-electron chi connectivity index (χ0n) is 13.8. The van der Waals surface area contributed by atoms with Gasteiger partial charge in [0.2, 0.25) is 0 Å². The molecular formula is C16H14N2O8. The largest absolute Gasteiger partial charge is 0.427 e. The molecule has 0 bridgehead atoms. The topological polar surface area (TPSA) is 139 Å². The van der Waals surface area contributed by atoms with Crippen LogP contribution in [-0.2, 0) is 9.59 Å². The molecule has 0 saturated heterocycles. The highest BCUT2D eigenvalue weighted by Gasteiger charge is 2.05. The first kappa shape index (κ1) is 20.2. The minimum absolute atomic E-state index is 0.0316. The fraction of sp³-hybridized carbons (Fsp3) is 0.125. The van der Waals surface area contributed by atoms with Gasteiger partial charge in [0.05, 0.1) is 9.85 Å². The molecule has 2 aromatic rings. The second-order valence-corrected chi connectivity index (χ2v) is 4.69. The van der Waals surface area contributed by atoms with Crippen molar-refractivity contribution in [2.45, 2.75) is 13.8 Å². The molecule has 0 aliphatic carbocycles. The van der Waals surface area contributed by atoms with Crippen molar-refractivity contribution < 1.29 is 28.9 Å². The standard InChI is InChI=1S/2C8H7NO4/c2*1-6(10)13-8-4-2-7(3-5-8)9(11)12/h2*2-5H,1H3. The summed E-state index contributed by atoms with van der Waals surface area (Å²) in [5.41, 5.74) is -0.0631. The Kier molecular flexibility index (Phi) is 7.37. The Bertz CT molecular complexity index is 731. The van der Waals surface area contributed by atoms with Crippen LogP contribution in [0.15, 0.2) is 48.5 Å². The summed E-state index contributed by atoms with van der Waals surface area (Å²) in [5, 5.41) is 20.5. The van der Waals surface area contributed by atoms with E-state index >= 15 is 0 Å². The van der Waals surface area contributed by atoms with E-state index in [1.54, 1.807) is 0 Å². The molecule has 0 radical (unpaired) electrons. The normalized spacial score (nSPS) is 9.31.